The molecule has 0 saturated heterocycles. The molecule has 0 bridgehead atoms. The molecule has 0 radical (unpaired) electrons. The number of carboxylic acid groups (broad SMARTS) is 1. The molecule has 0 saturated carbocycles. The first-order valence-corrected chi connectivity index (χ1v) is 5.91. The zero-order valence-electron chi connectivity index (χ0n) is 10.7. The minimum absolute atomic E-state index is 0.0665. The molecule has 7 nitrogen and oxygen atoms in total. The second-order valence-electron chi connectivity index (χ2n) is 3.64. The number of hydrogen-bond donors (Lipinski definition) is 3. The van der Waals surface area contributed by atoms with Crippen LogP contribution in [-0.2, 0) is 14.3 Å². The Bertz CT molecular complexity index is 293. The van der Waals surface area contributed by atoms with Gasteiger partial charge in [-0.15, -0.1) is 0 Å². The van der Waals surface area contributed by atoms with E-state index in [-0.39, 0.29) is 25.5 Å². The lowest BCUT2D eigenvalue weighted by molar-refractivity contribution is -0.143. The molecule has 0 aliphatic heterocycles. The van der Waals surface area contributed by atoms with Crippen LogP contribution in [0, 0.1) is 5.92 Å². The van der Waals surface area contributed by atoms with E-state index < -0.39 is 17.9 Å². The average molecular weight is 260 g/mol. The molecule has 0 aromatic heterocycles. The highest BCUT2D eigenvalue weighted by atomic mass is 16.5. The highest BCUT2D eigenvalue weighted by Gasteiger charge is 2.15. The molecule has 0 aliphatic carbocycles. The summed E-state index contributed by atoms with van der Waals surface area (Å²) in [5.74, 6) is -1.92. The lowest BCUT2D eigenvalue weighted by Crippen LogP contribution is -2.40. The molecule has 3 N–H and O–H groups in total. The second-order valence-corrected chi connectivity index (χ2v) is 3.64. The third-order valence-corrected chi connectivity index (χ3v) is 2.27. The number of urea groups is 1. The summed E-state index contributed by atoms with van der Waals surface area (Å²) in [4.78, 5) is 32.9. The molecule has 1 atom stereocenters. The van der Waals surface area contributed by atoms with Gasteiger partial charge in [0.05, 0.1) is 18.9 Å². The number of carbonyl (C=O) groups excluding carboxylic acids is 2. The first-order chi connectivity index (χ1) is 8.51. The molecule has 0 spiro atoms. The van der Waals surface area contributed by atoms with Gasteiger partial charge in [0.25, 0.3) is 0 Å². The highest BCUT2D eigenvalue weighted by molar-refractivity contribution is 5.76. The lowest BCUT2D eigenvalue weighted by atomic mass is 10.1. The summed E-state index contributed by atoms with van der Waals surface area (Å²) in [5, 5.41) is 13.6. The van der Waals surface area contributed by atoms with Crippen molar-refractivity contribution in [3.8, 4) is 0 Å². The van der Waals surface area contributed by atoms with Gasteiger partial charge >= 0.3 is 18.0 Å². The Balaban J connectivity index is 3.71. The molecule has 0 heterocycles. The zero-order chi connectivity index (χ0) is 14.0. The van der Waals surface area contributed by atoms with Gasteiger partial charge in [-0.25, -0.2) is 4.79 Å². The van der Waals surface area contributed by atoms with Crippen LogP contribution in [0.5, 0.6) is 0 Å². The molecule has 104 valence electrons. The van der Waals surface area contributed by atoms with Crippen molar-refractivity contribution < 1.29 is 24.2 Å². The number of ether oxygens (including phenoxy) is 1. The minimum Gasteiger partial charge on any atom is -0.481 e. The van der Waals surface area contributed by atoms with E-state index in [1.54, 1.807) is 13.8 Å². The van der Waals surface area contributed by atoms with Crippen molar-refractivity contribution in [3.05, 3.63) is 0 Å². The van der Waals surface area contributed by atoms with Crippen molar-refractivity contribution in [3.63, 3.8) is 0 Å². The first-order valence-electron chi connectivity index (χ1n) is 5.91. The third-order valence-electron chi connectivity index (χ3n) is 2.27. The number of rotatable bonds is 8. The summed E-state index contributed by atoms with van der Waals surface area (Å²) in [6, 6.07) is -0.487. The molecule has 18 heavy (non-hydrogen) atoms. The van der Waals surface area contributed by atoms with Crippen LogP contribution in [0.15, 0.2) is 0 Å². The third kappa shape index (κ3) is 7.48. The topological polar surface area (TPSA) is 105 Å². The highest BCUT2D eigenvalue weighted by Crippen LogP contribution is 1.99. The molecular formula is C11H20N2O5. The summed E-state index contributed by atoms with van der Waals surface area (Å²) in [6.07, 6.45) is 0.538. The van der Waals surface area contributed by atoms with E-state index in [2.05, 4.69) is 15.4 Å². The van der Waals surface area contributed by atoms with Gasteiger partial charge < -0.3 is 20.5 Å². The molecule has 0 aromatic carbocycles. The monoisotopic (exact) mass is 260 g/mol. The van der Waals surface area contributed by atoms with Gasteiger partial charge in [0, 0.05) is 13.1 Å². The SMILES string of the molecule is CCOC(=O)CCNC(=O)NCC(CC)C(=O)O. The quantitative estimate of drug-likeness (QED) is 0.546. The van der Waals surface area contributed by atoms with Crippen LogP contribution >= 0.6 is 0 Å². The maximum absolute atomic E-state index is 11.3. The van der Waals surface area contributed by atoms with Crippen molar-refractivity contribution in [1.29, 1.82) is 0 Å². The number of amides is 2. The van der Waals surface area contributed by atoms with Gasteiger partial charge in [0.1, 0.15) is 0 Å². The maximum Gasteiger partial charge on any atom is 0.314 e. The Morgan fingerprint density at radius 2 is 1.89 bits per heavy atom. The van der Waals surface area contributed by atoms with E-state index in [9.17, 15) is 14.4 Å². The van der Waals surface area contributed by atoms with Crippen LogP contribution in [0.4, 0.5) is 4.79 Å². The molecule has 0 aromatic rings. The Labute approximate surface area is 106 Å². The van der Waals surface area contributed by atoms with E-state index in [4.69, 9.17) is 5.11 Å². The van der Waals surface area contributed by atoms with Crippen LogP contribution in [-0.4, -0.2) is 42.8 Å². The van der Waals surface area contributed by atoms with Gasteiger partial charge in [-0.1, -0.05) is 6.92 Å². The Hall–Kier alpha value is -1.79. The summed E-state index contributed by atoms with van der Waals surface area (Å²) in [7, 11) is 0. The molecule has 1 unspecified atom stereocenters. The fourth-order valence-corrected chi connectivity index (χ4v) is 1.20. The number of carbonyl (C=O) groups is 3. The van der Waals surface area contributed by atoms with E-state index in [1.165, 1.54) is 0 Å². The van der Waals surface area contributed by atoms with E-state index in [1.807, 2.05) is 0 Å². The van der Waals surface area contributed by atoms with Crippen LogP contribution in [0.1, 0.15) is 26.7 Å². The van der Waals surface area contributed by atoms with Gasteiger partial charge in [0.15, 0.2) is 0 Å². The summed E-state index contributed by atoms with van der Waals surface area (Å²) < 4.78 is 4.68. The lowest BCUT2D eigenvalue weighted by Gasteiger charge is -2.11. The molecular weight excluding hydrogens is 240 g/mol. The maximum atomic E-state index is 11.3. The van der Waals surface area contributed by atoms with Crippen molar-refractivity contribution in [2.75, 3.05) is 19.7 Å². The summed E-state index contributed by atoms with van der Waals surface area (Å²) in [5.41, 5.74) is 0. The number of aliphatic carboxylic acids is 1. The molecule has 2 amide bonds. The van der Waals surface area contributed by atoms with Crippen LogP contribution < -0.4 is 10.6 Å². The Kier molecular flexibility index (Phi) is 8.34. The molecule has 0 fully saturated rings. The van der Waals surface area contributed by atoms with E-state index in [0.717, 1.165) is 0 Å². The van der Waals surface area contributed by atoms with Crippen molar-refractivity contribution >= 4 is 18.0 Å². The largest absolute Gasteiger partial charge is 0.481 e. The van der Waals surface area contributed by atoms with Gasteiger partial charge in [-0.3, -0.25) is 9.59 Å². The number of nitrogens with one attached hydrogen (secondary N) is 2. The number of esters is 1. The van der Waals surface area contributed by atoms with Crippen molar-refractivity contribution in [1.82, 2.24) is 10.6 Å². The van der Waals surface area contributed by atoms with Crippen molar-refractivity contribution in [2.45, 2.75) is 26.7 Å². The van der Waals surface area contributed by atoms with Crippen molar-refractivity contribution in [2.24, 2.45) is 5.92 Å². The van der Waals surface area contributed by atoms with Gasteiger partial charge in [-0.05, 0) is 13.3 Å². The molecule has 0 rings (SSSR count). The number of carboxylic acids is 1. The fourth-order valence-electron chi connectivity index (χ4n) is 1.20. The normalized spacial score (nSPS) is 11.4. The Morgan fingerprint density at radius 3 is 2.39 bits per heavy atom. The predicted octanol–water partition coefficient (Wildman–Crippen LogP) is 0.350. The standard InChI is InChI=1S/C11H20N2O5/c1-3-8(10(15)16)7-13-11(17)12-6-5-9(14)18-4-2/h8H,3-7H2,1-2H3,(H,15,16)(H2,12,13,17). The Morgan fingerprint density at radius 1 is 1.22 bits per heavy atom. The first kappa shape index (κ1) is 16.2. The molecule has 0 aliphatic rings. The fraction of sp³-hybridized carbons (Fsp3) is 0.727. The zero-order valence-corrected chi connectivity index (χ0v) is 10.7. The summed E-state index contributed by atoms with van der Waals surface area (Å²) in [6.45, 7) is 3.97. The van der Waals surface area contributed by atoms with Gasteiger partial charge in [0.2, 0.25) is 0 Å². The van der Waals surface area contributed by atoms with Gasteiger partial charge in [-0.2, -0.15) is 0 Å². The van der Waals surface area contributed by atoms with Crippen LogP contribution in [0.2, 0.25) is 0 Å². The average Bonchev–Trinajstić information content (AvgIpc) is 2.29. The second kappa shape index (κ2) is 9.26. The van der Waals surface area contributed by atoms with Crippen LogP contribution in [0.3, 0.4) is 0 Å². The predicted molar refractivity (Wildman–Crippen MR) is 64.1 cm³/mol. The minimum atomic E-state index is -0.940. The molecule has 7 heteroatoms. The van der Waals surface area contributed by atoms with E-state index >= 15 is 0 Å². The smallest absolute Gasteiger partial charge is 0.314 e. The van der Waals surface area contributed by atoms with E-state index in [0.29, 0.717) is 13.0 Å². The summed E-state index contributed by atoms with van der Waals surface area (Å²) >= 11 is 0. The number of hydrogen-bond acceptors (Lipinski definition) is 4. The van der Waals surface area contributed by atoms with Crippen LogP contribution in [0.25, 0.3) is 0 Å².